The van der Waals surface area contributed by atoms with Crippen LogP contribution in [0.15, 0.2) is 41.3 Å². The first kappa shape index (κ1) is 18.6. The van der Waals surface area contributed by atoms with Crippen molar-refractivity contribution in [1.82, 2.24) is 14.7 Å². The average Bonchev–Trinajstić information content (AvgIpc) is 2.92. The second-order valence-electron chi connectivity index (χ2n) is 6.51. The van der Waals surface area contributed by atoms with Gasteiger partial charge in [-0.3, -0.25) is 9.48 Å². The minimum Gasteiger partial charge on any atom is -0.387 e. The number of hydrogen-bond donors (Lipinski definition) is 1. The molecule has 26 heavy (non-hydrogen) atoms. The number of aliphatic hydroxyl groups is 1. The molecule has 0 fully saturated rings. The molecule has 1 N–H and O–H groups in total. The third kappa shape index (κ3) is 4.13. The van der Waals surface area contributed by atoms with Gasteiger partial charge in [0, 0.05) is 19.5 Å². The normalized spacial score (nSPS) is 16.0. The van der Waals surface area contributed by atoms with Gasteiger partial charge < -0.3 is 10.0 Å². The third-order valence-corrected chi connectivity index (χ3v) is 6.23. The molecular formula is C18H23N3O4S. The second-order valence-corrected chi connectivity index (χ2v) is 8.62. The van der Waals surface area contributed by atoms with Crippen LogP contribution in [-0.2, 0) is 27.7 Å². The molecular weight excluding hydrogens is 354 g/mol. The fourth-order valence-corrected chi connectivity index (χ4v) is 4.28. The van der Waals surface area contributed by atoms with Crippen LogP contribution in [-0.4, -0.2) is 46.4 Å². The number of fused-ring (bicyclic) bond motifs is 1. The van der Waals surface area contributed by atoms with Crippen molar-refractivity contribution in [2.75, 3.05) is 12.3 Å². The lowest BCUT2D eigenvalue weighted by Crippen LogP contribution is -2.32. The molecule has 1 aromatic carbocycles. The number of aromatic nitrogens is 2. The number of aliphatic hydroxyl groups excluding tert-OH is 1. The molecule has 8 heteroatoms. The molecule has 2 heterocycles. The van der Waals surface area contributed by atoms with Gasteiger partial charge >= 0.3 is 0 Å². The van der Waals surface area contributed by atoms with Crippen LogP contribution in [0.4, 0.5) is 0 Å². The lowest BCUT2D eigenvalue weighted by atomic mass is 10.2. The Balaban J connectivity index is 1.66. The highest BCUT2D eigenvalue weighted by molar-refractivity contribution is 7.91. The van der Waals surface area contributed by atoms with E-state index in [4.69, 9.17) is 0 Å². The molecule has 0 spiro atoms. The van der Waals surface area contributed by atoms with Crippen molar-refractivity contribution in [3.05, 3.63) is 47.8 Å². The van der Waals surface area contributed by atoms with Gasteiger partial charge in [-0.05, 0) is 31.5 Å². The van der Waals surface area contributed by atoms with E-state index in [0.29, 0.717) is 25.3 Å². The van der Waals surface area contributed by atoms with Crippen molar-refractivity contribution >= 4 is 15.7 Å². The van der Waals surface area contributed by atoms with E-state index in [1.807, 2.05) is 4.68 Å². The Morgan fingerprint density at radius 1 is 1.27 bits per heavy atom. The zero-order valence-electron chi connectivity index (χ0n) is 14.7. The van der Waals surface area contributed by atoms with Crippen molar-refractivity contribution < 1.29 is 18.3 Å². The molecule has 1 amide bonds. The Morgan fingerprint density at radius 2 is 2.00 bits per heavy atom. The highest BCUT2D eigenvalue weighted by atomic mass is 32.2. The standard InChI is InChI=1S/C18H23N3O4S/c1-14(22)17-12-15-13-20(9-5-10-21(15)19-17)18(23)8-11-26(24,25)16-6-3-2-4-7-16/h2-4,6-7,12,14,22H,5,8-11,13H2,1H3/t14-/m1/s1. The van der Waals surface area contributed by atoms with Gasteiger partial charge in [0.25, 0.3) is 0 Å². The summed E-state index contributed by atoms with van der Waals surface area (Å²) in [5, 5.41) is 14.0. The van der Waals surface area contributed by atoms with E-state index in [2.05, 4.69) is 5.10 Å². The molecule has 0 saturated carbocycles. The third-order valence-electron chi connectivity index (χ3n) is 4.50. The number of carbonyl (C=O) groups is 1. The molecule has 0 bridgehead atoms. The first-order chi connectivity index (χ1) is 12.4. The van der Waals surface area contributed by atoms with Gasteiger partial charge in [0.15, 0.2) is 9.84 Å². The van der Waals surface area contributed by atoms with Crippen LogP contribution < -0.4 is 0 Å². The molecule has 0 unspecified atom stereocenters. The molecule has 3 rings (SSSR count). The predicted molar refractivity (Wildman–Crippen MR) is 96.0 cm³/mol. The molecule has 2 aromatic rings. The van der Waals surface area contributed by atoms with Gasteiger partial charge in [0.05, 0.1) is 34.7 Å². The van der Waals surface area contributed by atoms with E-state index >= 15 is 0 Å². The van der Waals surface area contributed by atoms with Gasteiger partial charge in [-0.25, -0.2) is 8.42 Å². The average molecular weight is 377 g/mol. The number of hydrogen-bond acceptors (Lipinski definition) is 5. The van der Waals surface area contributed by atoms with Crippen LogP contribution in [0.2, 0.25) is 0 Å². The smallest absolute Gasteiger partial charge is 0.223 e. The number of aryl methyl sites for hydroxylation is 1. The zero-order chi connectivity index (χ0) is 18.7. The minimum absolute atomic E-state index is 0.0470. The van der Waals surface area contributed by atoms with Crippen molar-refractivity contribution in [3.63, 3.8) is 0 Å². The van der Waals surface area contributed by atoms with Gasteiger partial charge in [0.2, 0.25) is 5.91 Å². The van der Waals surface area contributed by atoms with E-state index in [-0.39, 0.29) is 23.0 Å². The van der Waals surface area contributed by atoms with Crippen molar-refractivity contribution in [3.8, 4) is 0 Å². The van der Waals surface area contributed by atoms with Crippen LogP contribution in [0.25, 0.3) is 0 Å². The molecule has 1 aliphatic rings. The van der Waals surface area contributed by atoms with E-state index in [9.17, 15) is 18.3 Å². The van der Waals surface area contributed by atoms with E-state index in [1.165, 1.54) is 0 Å². The highest BCUT2D eigenvalue weighted by Crippen LogP contribution is 2.19. The largest absolute Gasteiger partial charge is 0.387 e. The number of benzene rings is 1. The summed E-state index contributed by atoms with van der Waals surface area (Å²) in [4.78, 5) is 14.5. The molecule has 1 aliphatic heterocycles. The molecule has 0 saturated heterocycles. The minimum atomic E-state index is -3.47. The van der Waals surface area contributed by atoms with E-state index < -0.39 is 15.9 Å². The first-order valence-electron chi connectivity index (χ1n) is 8.67. The predicted octanol–water partition coefficient (Wildman–Crippen LogP) is 1.53. The summed E-state index contributed by atoms with van der Waals surface area (Å²) in [5.41, 5.74) is 1.44. The summed E-state index contributed by atoms with van der Waals surface area (Å²) in [6, 6.07) is 9.99. The Kier molecular flexibility index (Phi) is 5.43. The van der Waals surface area contributed by atoms with Crippen molar-refractivity contribution in [2.45, 2.75) is 43.9 Å². The highest BCUT2D eigenvalue weighted by Gasteiger charge is 2.23. The van der Waals surface area contributed by atoms with Gasteiger partial charge in [-0.2, -0.15) is 5.10 Å². The molecule has 140 valence electrons. The summed E-state index contributed by atoms with van der Waals surface area (Å²) in [6.45, 7) is 3.27. The molecule has 7 nitrogen and oxygen atoms in total. The summed E-state index contributed by atoms with van der Waals surface area (Å²) in [7, 11) is -3.47. The summed E-state index contributed by atoms with van der Waals surface area (Å²) < 4.78 is 26.5. The fourth-order valence-electron chi connectivity index (χ4n) is 3.03. The second kappa shape index (κ2) is 7.59. The maximum Gasteiger partial charge on any atom is 0.223 e. The summed E-state index contributed by atoms with van der Waals surface area (Å²) in [5.74, 6) is -0.386. The Morgan fingerprint density at radius 3 is 2.69 bits per heavy atom. The number of sulfone groups is 1. The van der Waals surface area contributed by atoms with Crippen LogP contribution in [0.1, 0.15) is 37.3 Å². The fraction of sp³-hybridized carbons (Fsp3) is 0.444. The van der Waals surface area contributed by atoms with E-state index in [0.717, 1.165) is 12.1 Å². The summed E-state index contributed by atoms with van der Waals surface area (Å²) in [6.07, 6.45) is 0.0364. The topological polar surface area (TPSA) is 92.5 Å². The maximum atomic E-state index is 12.6. The quantitative estimate of drug-likeness (QED) is 0.853. The lowest BCUT2D eigenvalue weighted by Gasteiger charge is -2.20. The Hall–Kier alpha value is -2.19. The zero-order valence-corrected chi connectivity index (χ0v) is 15.5. The summed E-state index contributed by atoms with van der Waals surface area (Å²) >= 11 is 0. The molecule has 1 atom stereocenters. The van der Waals surface area contributed by atoms with Crippen molar-refractivity contribution in [2.24, 2.45) is 0 Å². The Bertz CT molecular complexity index is 875. The first-order valence-corrected chi connectivity index (χ1v) is 10.3. The Labute approximate surface area is 153 Å². The molecule has 1 aromatic heterocycles. The monoisotopic (exact) mass is 377 g/mol. The number of rotatable bonds is 5. The SMILES string of the molecule is C[C@@H](O)c1cc2n(n1)CCCN(C(=O)CCS(=O)(=O)c1ccccc1)C2. The van der Waals surface area contributed by atoms with Gasteiger partial charge in [-0.1, -0.05) is 18.2 Å². The van der Waals surface area contributed by atoms with Crippen LogP contribution >= 0.6 is 0 Å². The van der Waals surface area contributed by atoms with Crippen LogP contribution in [0.3, 0.4) is 0 Å². The van der Waals surface area contributed by atoms with Crippen LogP contribution in [0, 0.1) is 0 Å². The van der Waals surface area contributed by atoms with Crippen molar-refractivity contribution in [1.29, 1.82) is 0 Å². The van der Waals surface area contributed by atoms with Gasteiger partial charge in [-0.15, -0.1) is 0 Å². The molecule has 0 radical (unpaired) electrons. The number of carbonyl (C=O) groups excluding carboxylic acids is 1. The molecule has 0 aliphatic carbocycles. The van der Waals surface area contributed by atoms with Crippen LogP contribution in [0.5, 0.6) is 0 Å². The van der Waals surface area contributed by atoms with E-state index in [1.54, 1.807) is 48.2 Å². The number of nitrogens with zero attached hydrogens (tertiary/aromatic N) is 3. The maximum absolute atomic E-state index is 12.6. The lowest BCUT2D eigenvalue weighted by molar-refractivity contribution is -0.131. The number of amides is 1. The van der Waals surface area contributed by atoms with Gasteiger partial charge in [0.1, 0.15) is 0 Å².